The molecule has 7 heteroatoms. The van der Waals surface area contributed by atoms with Gasteiger partial charge >= 0.3 is 0 Å². The summed E-state index contributed by atoms with van der Waals surface area (Å²) in [6, 6.07) is 4.81. The zero-order valence-corrected chi connectivity index (χ0v) is 12.1. The molecule has 0 fully saturated rings. The summed E-state index contributed by atoms with van der Waals surface area (Å²) in [4.78, 5) is 10.7. The van der Waals surface area contributed by atoms with E-state index < -0.39 is 4.92 Å². The molecule has 0 saturated carbocycles. The van der Waals surface area contributed by atoms with Crippen molar-refractivity contribution >= 4 is 11.4 Å². The third-order valence-electron chi connectivity index (χ3n) is 2.97. The first-order valence-corrected chi connectivity index (χ1v) is 6.80. The van der Waals surface area contributed by atoms with E-state index in [0.717, 1.165) is 12.1 Å². The Labute approximate surface area is 122 Å². The van der Waals surface area contributed by atoms with Crippen LogP contribution in [0, 0.1) is 10.1 Å². The summed E-state index contributed by atoms with van der Waals surface area (Å²) in [7, 11) is 0. The second kappa shape index (κ2) is 6.74. The molecule has 7 nitrogen and oxygen atoms in total. The lowest BCUT2D eigenvalue weighted by atomic mass is 10.2. The number of hydrogen-bond acceptors (Lipinski definition) is 5. The lowest BCUT2D eigenvalue weighted by Crippen LogP contribution is -2.03. The lowest BCUT2D eigenvalue weighted by molar-refractivity contribution is -0.384. The largest absolute Gasteiger partial charge is 0.494 e. The number of rotatable bonds is 7. The number of anilines is 1. The molecule has 0 radical (unpaired) electrons. The van der Waals surface area contributed by atoms with Crippen LogP contribution in [-0.4, -0.2) is 21.3 Å². The molecule has 0 amide bonds. The molecule has 1 heterocycles. The molecule has 0 spiro atoms. The Morgan fingerprint density at radius 1 is 1.43 bits per heavy atom. The van der Waals surface area contributed by atoms with E-state index in [-0.39, 0.29) is 5.69 Å². The van der Waals surface area contributed by atoms with Gasteiger partial charge in [0.25, 0.3) is 5.69 Å². The van der Waals surface area contributed by atoms with E-state index in [9.17, 15) is 10.1 Å². The van der Waals surface area contributed by atoms with Gasteiger partial charge in [-0.2, -0.15) is 5.10 Å². The normalized spacial score (nSPS) is 10.4. The Morgan fingerprint density at radius 2 is 2.24 bits per heavy atom. The number of ether oxygens (including phenoxy) is 1. The third-order valence-corrected chi connectivity index (χ3v) is 2.97. The SMILES string of the molecule is CCOc1ccc(NCc2cnn(CC)c2)c([N+](=O)[O-])c1. The fourth-order valence-electron chi connectivity index (χ4n) is 1.94. The summed E-state index contributed by atoms with van der Waals surface area (Å²) in [5.41, 5.74) is 1.44. The molecular formula is C14H18N4O3. The minimum Gasteiger partial charge on any atom is -0.494 e. The van der Waals surface area contributed by atoms with Crippen molar-refractivity contribution in [2.75, 3.05) is 11.9 Å². The highest BCUT2D eigenvalue weighted by Gasteiger charge is 2.15. The maximum absolute atomic E-state index is 11.1. The van der Waals surface area contributed by atoms with Crippen LogP contribution in [0.2, 0.25) is 0 Å². The smallest absolute Gasteiger partial charge is 0.296 e. The summed E-state index contributed by atoms with van der Waals surface area (Å²) in [5, 5.41) is 18.4. The Kier molecular flexibility index (Phi) is 4.76. The molecular weight excluding hydrogens is 272 g/mol. The van der Waals surface area contributed by atoms with E-state index in [0.29, 0.717) is 24.6 Å². The van der Waals surface area contributed by atoms with Gasteiger partial charge in [0.15, 0.2) is 0 Å². The van der Waals surface area contributed by atoms with Crippen molar-refractivity contribution in [2.24, 2.45) is 0 Å². The van der Waals surface area contributed by atoms with Crippen LogP contribution in [0.3, 0.4) is 0 Å². The summed E-state index contributed by atoms with van der Waals surface area (Å²) in [6.45, 7) is 5.59. The number of aryl methyl sites for hydroxylation is 1. The maximum Gasteiger partial charge on any atom is 0.296 e. The first kappa shape index (κ1) is 14.8. The molecule has 1 N–H and O–H groups in total. The Morgan fingerprint density at radius 3 is 2.86 bits per heavy atom. The van der Waals surface area contributed by atoms with Crippen LogP contribution in [-0.2, 0) is 13.1 Å². The first-order chi connectivity index (χ1) is 10.1. The van der Waals surface area contributed by atoms with Crippen molar-refractivity contribution in [3.8, 4) is 5.75 Å². The zero-order valence-electron chi connectivity index (χ0n) is 12.1. The van der Waals surface area contributed by atoms with Crippen molar-refractivity contribution in [3.05, 3.63) is 46.3 Å². The molecule has 0 atom stereocenters. The molecule has 1 aromatic heterocycles. The topological polar surface area (TPSA) is 82.2 Å². The molecule has 0 bridgehead atoms. The number of nitro benzene ring substituents is 1. The van der Waals surface area contributed by atoms with Crippen molar-refractivity contribution in [3.63, 3.8) is 0 Å². The predicted molar refractivity (Wildman–Crippen MR) is 79.5 cm³/mol. The molecule has 0 unspecified atom stereocenters. The fraction of sp³-hybridized carbons (Fsp3) is 0.357. The lowest BCUT2D eigenvalue weighted by Gasteiger charge is -2.08. The van der Waals surface area contributed by atoms with Gasteiger partial charge in [-0.3, -0.25) is 14.8 Å². The number of nitrogens with one attached hydrogen (secondary N) is 1. The highest BCUT2D eigenvalue weighted by molar-refractivity contribution is 5.63. The molecule has 21 heavy (non-hydrogen) atoms. The van der Waals surface area contributed by atoms with Crippen LogP contribution >= 0.6 is 0 Å². The molecule has 0 aliphatic heterocycles. The Hall–Kier alpha value is -2.57. The number of nitrogens with zero attached hydrogens (tertiary/aromatic N) is 3. The molecule has 2 rings (SSSR count). The van der Waals surface area contributed by atoms with Crippen molar-refractivity contribution in [1.82, 2.24) is 9.78 Å². The van der Waals surface area contributed by atoms with Gasteiger partial charge in [-0.05, 0) is 26.0 Å². The number of benzene rings is 1. The fourth-order valence-corrected chi connectivity index (χ4v) is 1.94. The van der Waals surface area contributed by atoms with E-state index in [1.807, 2.05) is 24.7 Å². The molecule has 0 saturated heterocycles. The maximum atomic E-state index is 11.1. The highest BCUT2D eigenvalue weighted by Crippen LogP contribution is 2.29. The van der Waals surface area contributed by atoms with Crippen LogP contribution in [0.1, 0.15) is 19.4 Å². The summed E-state index contributed by atoms with van der Waals surface area (Å²) in [5.74, 6) is 0.494. The van der Waals surface area contributed by atoms with Gasteiger partial charge in [0.05, 0.1) is 23.8 Å². The van der Waals surface area contributed by atoms with Gasteiger partial charge in [-0.25, -0.2) is 0 Å². The second-order valence-corrected chi connectivity index (χ2v) is 4.43. The van der Waals surface area contributed by atoms with E-state index in [4.69, 9.17) is 4.74 Å². The molecule has 1 aromatic carbocycles. The average Bonchev–Trinajstić information content (AvgIpc) is 2.94. The Bertz CT molecular complexity index is 624. The molecule has 0 aliphatic carbocycles. The van der Waals surface area contributed by atoms with E-state index in [2.05, 4.69) is 10.4 Å². The minimum atomic E-state index is -0.416. The molecule has 0 aliphatic rings. The van der Waals surface area contributed by atoms with Crippen LogP contribution < -0.4 is 10.1 Å². The Balaban J connectivity index is 2.13. The van der Waals surface area contributed by atoms with Gasteiger partial charge in [0, 0.05) is 24.8 Å². The minimum absolute atomic E-state index is 0.00355. The van der Waals surface area contributed by atoms with E-state index in [1.165, 1.54) is 6.07 Å². The van der Waals surface area contributed by atoms with Gasteiger partial charge < -0.3 is 10.1 Å². The van der Waals surface area contributed by atoms with Crippen molar-refractivity contribution in [1.29, 1.82) is 0 Å². The summed E-state index contributed by atoms with van der Waals surface area (Å²) >= 11 is 0. The monoisotopic (exact) mass is 290 g/mol. The van der Waals surface area contributed by atoms with Gasteiger partial charge in [0.1, 0.15) is 11.4 Å². The molecule has 112 valence electrons. The van der Waals surface area contributed by atoms with Gasteiger partial charge in [-0.15, -0.1) is 0 Å². The number of hydrogen-bond donors (Lipinski definition) is 1. The van der Waals surface area contributed by atoms with E-state index >= 15 is 0 Å². The number of nitro groups is 1. The van der Waals surface area contributed by atoms with Crippen LogP contribution in [0.4, 0.5) is 11.4 Å². The average molecular weight is 290 g/mol. The van der Waals surface area contributed by atoms with Gasteiger partial charge in [0.2, 0.25) is 0 Å². The van der Waals surface area contributed by atoms with Crippen molar-refractivity contribution in [2.45, 2.75) is 26.9 Å². The third kappa shape index (κ3) is 3.71. The standard InChI is InChI=1S/C14H18N4O3/c1-3-17-10-11(9-16-17)8-15-13-6-5-12(21-4-2)7-14(13)18(19)20/h5-7,9-10,15H,3-4,8H2,1-2H3. The zero-order chi connectivity index (χ0) is 15.2. The van der Waals surface area contributed by atoms with Crippen LogP contribution in [0.25, 0.3) is 0 Å². The van der Waals surface area contributed by atoms with Gasteiger partial charge in [-0.1, -0.05) is 0 Å². The second-order valence-electron chi connectivity index (χ2n) is 4.43. The summed E-state index contributed by atoms with van der Waals surface area (Å²) in [6.07, 6.45) is 3.66. The van der Waals surface area contributed by atoms with Crippen LogP contribution in [0.15, 0.2) is 30.6 Å². The summed E-state index contributed by atoms with van der Waals surface area (Å²) < 4.78 is 7.10. The first-order valence-electron chi connectivity index (χ1n) is 6.80. The van der Waals surface area contributed by atoms with Crippen LogP contribution in [0.5, 0.6) is 5.75 Å². The predicted octanol–water partition coefficient (Wildman–Crippen LogP) is 2.82. The highest BCUT2D eigenvalue weighted by atomic mass is 16.6. The number of aromatic nitrogens is 2. The quantitative estimate of drug-likeness (QED) is 0.626. The molecule has 2 aromatic rings. The van der Waals surface area contributed by atoms with Crippen molar-refractivity contribution < 1.29 is 9.66 Å². The van der Waals surface area contributed by atoms with E-state index in [1.54, 1.807) is 18.3 Å².